The highest BCUT2D eigenvalue weighted by molar-refractivity contribution is 7.92. The van der Waals surface area contributed by atoms with Crippen LogP contribution < -0.4 is 10.6 Å². The van der Waals surface area contributed by atoms with Crippen LogP contribution in [-0.4, -0.2) is 25.5 Å². The van der Waals surface area contributed by atoms with E-state index >= 15 is 0 Å². The van der Waals surface area contributed by atoms with Gasteiger partial charge in [-0.05, 0) is 56.3 Å². The Morgan fingerprint density at radius 1 is 0.962 bits per heavy atom. The molecule has 8 heteroatoms. The molecular formula is C18H19ClN2O4S. The Labute approximate surface area is 157 Å². The normalized spacial score (nSPS) is 11.3. The van der Waals surface area contributed by atoms with Gasteiger partial charge in [0.2, 0.25) is 5.91 Å². The topological polar surface area (TPSA) is 92.3 Å². The van der Waals surface area contributed by atoms with Gasteiger partial charge in [0.1, 0.15) is 0 Å². The van der Waals surface area contributed by atoms with Crippen molar-refractivity contribution in [2.24, 2.45) is 0 Å². The van der Waals surface area contributed by atoms with Crippen LogP contribution in [0, 0.1) is 0 Å². The molecule has 0 aliphatic heterocycles. The van der Waals surface area contributed by atoms with Gasteiger partial charge in [0.05, 0.1) is 21.5 Å². The molecule has 138 valence electrons. The Hall–Kier alpha value is -2.38. The molecule has 0 aliphatic carbocycles. The van der Waals surface area contributed by atoms with Crippen LogP contribution in [0.1, 0.15) is 31.1 Å². The van der Waals surface area contributed by atoms with Gasteiger partial charge >= 0.3 is 0 Å². The number of hydrogen-bond donors (Lipinski definition) is 2. The second kappa shape index (κ2) is 7.88. The Bertz CT molecular complexity index is 938. The summed E-state index contributed by atoms with van der Waals surface area (Å²) in [5.41, 5.74) is 1.03. The highest BCUT2D eigenvalue weighted by Crippen LogP contribution is 2.26. The molecule has 2 aromatic carbocycles. The number of sulfone groups is 1. The minimum atomic E-state index is -3.40. The molecule has 0 atom stereocenters. The molecular weight excluding hydrogens is 376 g/mol. The predicted molar refractivity (Wildman–Crippen MR) is 102 cm³/mol. The van der Waals surface area contributed by atoms with Crippen LogP contribution in [0.2, 0.25) is 5.02 Å². The van der Waals surface area contributed by atoms with Gasteiger partial charge in [-0.25, -0.2) is 8.42 Å². The minimum Gasteiger partial charge on any atom is -0.325 e. The van der Waals surface area contributed by atoms with Gasteiger partial charge in [0.15, 0.2) is 9.84 Å². The third kappa shape index (κ3) is 4.62. The highest BCUT2D eigenvalue weighted by Gasteiger charge is 2.19. The van der Waals surface area contributed by atoms with Crippen molar-refractivity contribution in [2.45, 2.75) is 30.9 Å². The summed E-state index contributed by atoms with van der Waals surface area (Å²) >= 11 is 5.95. The van der Waals surface area contributed by atoms with Gasteiger partial charge in [0.25, 0.3) is 5.91 Å². The fraction of sp³-hybridized carbons (Fsp3) is 0.222. The maximum atomic E-state index is 12.4. The van der Waals surface area contributed by atoms with Crippen molar-refractivity contribution in [3.05, 3.63) is 53.1 Å². The first kappa shape index (κ1) is 19.9. The van der Waals surface area contributed by atoms with E-state index in [1.807, 2.05) is 0 Å². The molecule has 2 rings (SSSR count). The molecule has 0 fully saturated rings. The predicted octanol–water partition coefficient (Wildman–Crippen LogP) is 3.73. The summed E-state index contributed by atoms with van der Waals surface area (Å²) in [5, 5.41) is 5.12. The van der Waals surface area contributed by atoms with Crippen molar-refractivity contribution in [3.63, 3.8) is 0 Å². The zero-order valence-corrected chi connectivity index (χ0v) is 16.1. The molecule has 6 nitrogen and oxygen atoms in total. The summed E-state index contributed by atoms with van der Waals surface area (Å²) in [6, 6.07) is 10.4. The average molecular weight is 395 g/mol. The van der Waals surface area contributed by atoms with Crippen molar-refractivity contribution < 1.29 is 18.0 Å². The smallest absolute Gasteiger partial charge is 0.255 e. The maximum Gasteiger partial charge on any atom is 0.255 e. The molecule has 2 aromatic rings. The Kier molecular flexibility index (Phi) is 6.05. The van der Waals surface area contributed by atoms with E-state index in [0.29, 0.717) is 16.4 Å². The fourth-order valence-electron chi connectivity index (χ4n) is 2.18. The van der Waals surface area contributed by atoms with Crippen LogP contribution in [0.25, 0.3) is 0 Å². The lowest BCUT2D eigenvalue weighted by molar-refractivity contribution is -0.114. The summed E-state index contributed by atoms with van der Waals surface area (Å²) in [6.07, 6.45) is 0. The SMILES string of the molecule is CC(=O)Nc1ccc(Cl)cc1NC(=O)c1ccc(S(=O)(=O)C(C)C)cc1. The number of carbonyl (C=O) groups is 2. The van der Waals surface area contributed by atoms with Crippen LogP contribution >= 0.6 is 11.6 Å². The zero-order valence-electron chi connectivity index (χ0n) is 14.5. The minimum absolute atomic E-state index is 0.158. The average Bonchev–Trinajstić information content (AvgIpc) is 2.57. The van der Waals surface area contributed by atoms with Crippen LogP contribution in [0.15, 0.2) is 47.4 Å². The fourth-order valence-corrected chi connectivity index (χ4v) is 3.41. The second-order valence-corrected chi connectivity index (χ2v) is 8.88. The first-order valence-corrected chi connectivity index (χ1v) is 9.76. The van der Waals surface area contributed by atoms with E-state index in [0.717, 1.165) is 0 Å². The monoisotopic (exact) mass is 394 g/mol. The van der Waals surface area contributed by atoms with Crippen molar-refractivity contribution in [1.29, 1.82) is 0 Å². The van der Waals surface area contributed by atoms with Crippen LogP contribution in [0.4, 0.5) is 11.4 Å². The lowest BCUT2D eigenvalue weighted by atomic mass is 10.2. The largest absolute Gasteiger partial charge is 0.325 e. The highest BCUT2D eigenvalue weighted by atomic mass is 35.5. The summed E-state index contributed by atoms with van der Waals surface area (Å²) < 4.78 is 24.3. The molecule has 0 saturated heterocycles. The molecule has 0 saturated carbocycles. The summed E-state index contributed by atoms with van der Waals surface area (Å²) in [6.45, 7) is 4.55. The second-order valence-electron chi connectivity index (χ2n) is 5.94. The Morgan fingerprint density at radius 3 is 2.12 bits per heavy atom. The first-order chi connectivity index (χ1) is 12.1. The number of carbonyl (C=O) groups excluding carboxylic acids is 2. The van der Waals surface area contributed by atoms with Crippen LogP contribution in [0.3, 0.4) is 0 Å². The van der Waals surface area contributed by atoms with E-state index in [1.165, 1.54) is 37.3 Å². The molecule has 2 amide bonds. The maximum absolute atomic E-state index is 12.4. The van der Waals surface area contributed by atoms with E-state index in [1.54, 1.807) is 26.0 Å². The van der Waals surface area contributed by atoms with E-state index in [-0.39, 0.29) is 16.4 Å². The summed E-state index contributed by atoms with van der Waals surface area (Å²) in [7, 11) is -3.40. The zero-order chi connectivity index (χ0) is 19.5. The molecule has 0 unspecified atom stereocenters. The van der Waals surface area contributed by atoms with Crippen LogP contribution in [-0.2, 0) is 14.6 Å². The summed E-state index contributed by atoms with van der Waals surface area (Å²) in [5.74, 6) is -0.738. The third-order valence-electron chi connectivity index (χ3n) is 3.61. The Morgan fingerprint density at radius 2 is 1.58 bits per heavy atom. The summed E-state index contributed by atoms with van der Waals surface area (Å²) in [4.78, 5) is 23.9. The lowest BCUT2D eigenvalue weighted by Crippen LogP contribution is -2.16. The number of nitrogens with one attached hydrogen (secondary N) is 2. The van der Waals surface area contributed by atoms with E-state index in [9.17, 15) is 18.0 Å². The third-order valence-corrected chi connectivity index (χ3v) is 6.01. The van der Waals surface area contributed by atoms with Crippen molar-refractivity contribution >= 4 is 44.6 Å². The van der Waals surface area contributed by atoms with Gasteiger partial charge in [0, 0.05) is 17.5 Å². The Balaban J connectivity index is 2.26. The van der Waals surface area contributed by atoms with Crippen molar-refractivity contribution in [3.8, 4) is 0 Å². The molecule has 0 aliphatic rings. The molecule has 2 N–H and O–H groups in total. The molecule has 0 heterocycles. The molecule has 0 aromatic heterocycles. The van der Waals surface area contributed by atoms with Gasteiger partial charge in [-0.3, -0.25) is 9.59 Å². The number of rotatable bonds is 5. The standard InChI is InChI=1S/C18H19ClN2O4S/c1-11(2)26(24,25)15-7-4-13(5-8-15)18(23)21-17-10-14(19)6-9-16(17)20-12(3)22/h4-11H,1-3H3,(H,20,22)(H,21,23). The van der Waals surface area contributed by atoms with E-state index < -0.39 is 21.0 Å². The number of benzene rings is 2. The number of hydrogen-bond acceptors (Lipinski definition) is 4. The number of amides is 2. The van der Waals surface area contributed by atoms with E-state index in [2.05, 4.69) is 10.6 Å². The van der Waals surface area contributed by atoms with Crippen LogP contribution in [0.5, 0.6) is 0 Å². The first-order valence-electron chi connectivity index (χ1n) is 7.83. The molecule has 0 radical (unpaired) electrons. The quantitative estimate of drug-likeness (QED) is 0.808. The van der Waals surface area contributed by atoms with Crippen molar-refractivity contribution in [1.82, 2.24) is 0 Å². The van der Waals surface area contributed by atoms with Gasteiger partial charge < -0.3 is 10.6 Å². The molecule has 26 heavy (non-hydrogen) atoms. The van der Waals surface area contributed by atoms with Gasteiger partial charge in [-0.15, -0.1) is 0 Å². The molecule has 0 spiro atoms. The number of halogens is 1. The lowest BCUT2D eigenvalue weighted by Gasteiger charge is -2.12. The van der Waals surface area contributed by atoms with E-state index in [4.69, 9.17) is 11.6 Å². The molecule has 0 bridgehead atoms. The number of anilines is 2. The van der Waals surface area contributed by atoms with Gasteiger partial charge in [-0.2, -0.15) is 0 Å². The van der Waals surface area contributed by atoms with Gasteiger partial charge in [-0.1, -0.05) is 11.6 Å². The van der Waals surface area contributed by atoms with Crippen molar-refractivity contribution in [2.75, 3.05) is 10.6 Å².